The number of anilines is 7. The Hall–Kier alpha value is -12.2. The van der Waals surface area contributed by atoms with Crippen molar-refractivity contribution in [2.24, 2.45) is 0 Å². The molecule has 31 nitrogen and oxygen atoms in total. The largest absolute Gasteiger partial charge is 0.497 e. The Kier molecular flexibility index (Phi) is 24.1. The van der Waals surface area contributed by atoms with Gasteiger partial charge < -0.3 is 88.6 Å². The van der Waals surface area contributed by atoms with E-state index < -0.39 is 9.84 Å². The van der Waals surface area contributed by atoms with Crippen LogP contribution in [0.1, 0.15) is 30.3 Å². The highest BCUT2D eigenvalue weighted by molar-refractivity contribution is 7.91. The van der Waals surface area contributed by atoms with Gasteiger partial charge in [0.2, 0.25) is 35.5 Å². The molecule has 0 saturated carbocycles. The van der Waals surface area contributed by atoms with Crippen molar-refractivity contribution in [2.75, 3.05) is 140 Å². The zero-order chi connectivity index (χ0) is 78.5. The first kappa shape index (κ1) is 77.1. The van der Waals surface area contributed by atoms with Gasteiger partial charge in [0.25, 0.3) is 5.91 Å². The fourth-order valence-corrected chi connectivity index (χ4v) is 14.8. The Morgan fingerprint density at radius 2 is 0.833 bits per heavy atom. The van der Waals surface area contributed by atoms with Crippen molar-refractivity contribution >= 4 is 125 Å². The molecule has 11 heterocycles. The third kappa shape index (κ3) is 19.4. The van der Waals surface area contributed by atoms with E-state index in [2.05, 4.69) is 75.6 Å². The third-order valence-electron chi connectivity index (χ3n) is 19.0. The second-order valence-electron chi connectivity index (χ2n) is 26.6. The number of hydrogen-bond acceptors (Lipinski definition) is 27. The predicted molar refractivity (Wildman–Crippen MR) is 438 cm³/mol. The molecule has 1 unspecified atom stereocenters. The molecule has 13 aromatic rings. The summed E-state index contributed by atoms with van der Waals surface area (Å²) in [7, 11) is 1.68. The summed E-state index contributed by atoms with van der Waals surface area (Å²) in [4.78, 5) is 79.3. The number of carbonyl (C=O) groups excluding carboxylic acids is 1. The van der Waals surface area contributed by atoms with Gasteiger partial charge in [0.1, 0.15) is 81.3 Å². The number of nitrogens with zero attached hydrogens (tertiary/aromatic N) is 15. The van der Waals surface area contributed by atoms with E-state index in [-0.39, 0.29) is 29.4 Å². The Bertz CT molecular complexity index is 5520. The molecule has 4 fully saturated rings. The van der Waals surface area contributed by atoms with Crippen molar-refractivity contribution in [3.05, 3.63) is 203 Å². The highest BCUT2D eigenvalue weighted by Crippen LogP contribution is 2.38. The molecule has 4 saturated heterocycles. The van der Waals surface area contributed by atoms with E-state index in [1.807, 2.05) is 112 Å². The van der Waals surface area contributed by atoms with E-state index in [0.29, 0.717) is 162 Å². The number of benzene rings is 6. The second-order valence-corrected chi connectivity index (χ2v) is 30.2. The highest BCUT2D eigenvalue weighted by atomic mass is 35.5. The molecule has 6 N–H and O–H groups in total. The zero-order valence-electron chi connectivity index (χ0n) is 62.3. The number of nitrogens with one attached hydrogen (secondary N) is 6. The molecule has 0 spiro atoms. The fraction of sp³-hybridized carbons (Fsp3) is 0.278. The summed E-state index contributed by atoms with van der Waals surface area (Å²) < 4.78 is 63.2. The zero-order valence-corrected chi connectivity index (χ0v) is 65.4. The minimum atomic E-state index is -3.05. The van der Waals surface area contributed by atoms with Gasteiger partial charge in [0.05, 0.1) is 101 Å². The van der Waals surface area contributed by atoms with Gasteiger partial charge in [-0.3, -0.25) is 4.79 Å². The molecule has 35 heteroatoms. The first-order chi connectivity index (χ1) is 55.6. The average Bonchev–Trinajstić information content (AvgIpc) is 1.16. The quantitative estimate of drug-likeness (QED) is 0.0346. The minimum absolute atomic E-state index is 0.0491. The lowest BCUT2D eigenvalue weighted by atomic mass is 10.2. The van der Waals surface area contributed by atoms with Crippen LogP contribution in [0.4, 0.5) is 41.1 Å². The normalized spacial score (nSPS) is 15.4. The summed E-state index contributed by atoms with van der Waals surface area (Å²) in [6.07, 6.45) is 3.22. The van der Waals surface area contributed by atoms with Crippen LogP contribution in [-0.2, 0) is 39.0 Å². The highest BCUT2D eigenvalue weighted by Gasteiger charge is 2.32. The maximum atomic E-state index is 12.8. The lowest BCUT2D eigenvalue weighted by molar-refractivity contribution is -0.141. The molecule has 4 aliphatic heterocycles. The number of ether oxygens (including phenoxy) is 7. The molecule has 114 heavy (non-hydrogen) atoms. The molecule has 0 radical (unpaired) electrons. The van der Waals surface area contributed by atoms with Crippen molar-refractivity contribution < 1.29 is 46.4 Å². The number of hydrogen-bond donors (Lipinski definition) is 6. The van der Waals surface area contributed by atoms with Crippen LogP contribution in [0, 0.1) is 0 Å². The third-order valence-corrected chi connectivity index (χ3v) is 21.5. The number of imidazole rings is 3. The monoisotopic (exact) mass is 1620 g/mol. The van der Waals surface area contributed by atoms with Crippen LogP contribution in [0.25, 0.3) is 33.1 Å². The number of rotatable bonds is 23. The molecule has 0 aliphatic carbocycles. The summed E-state index contributed by atoms with van der Waals surface area (Å²) in [5.74, 6) is 10.8. The maximum Gasteiger partial charge on any atom is 0.251 e. The Morgan fingerprint density at radius 1 is 0.456 bits per heavy atom. The number of aromatic nitrogens is 13. The van der Waals surface area contributed by atoms with Gasteiger partial charge in [-0.1, -0.05) is 77.3 Å². The van der Waals surface area contributed by atoms with E-state index in [1.165, 1.54) is 0 Å². The van der Waals surface area contributed by atoms with Gasteiger partial charge in [-0.25, -0.2) is 28.4 Å². The number of sulfone groups is 1. The van der Waals surface area contributed by atoms with E-state index in [4.69, 9.17) is 82.9 Å². The topological polar surface area (TPSA) is 344 Å². The number of carbonyl (C=O) groups is 1. The molecule has 1 atom stereocenters. The Balaban J connectivity index is 0.000000135. The maximum absolute atomic E-state index is 12.8. The molecule has 588 valence electrons. The summed E-state index contributed by atoms with van der Waals surface area (Å²) in [5, 5.41) is 11.2. The van der Waals surface area contributed by atoms with Gasteiger partial charge in [-0.2, -0.15) is 29.9 Å². The first-order valence-electron chi connectivity index (χ1n) is 36.8. The minimum Gasteiger partial charge on any atom is -0.497 e. The number of pyridine rings is 1. The summed E-state index contributed by atoms with van der Waals surface area (Å²) in [6, 6.07) is 50.2. The number of methoxy groups -OCH3 is 3. The Morgan fingerprint density at radius 3 is 1.19 bits per heavy atom. The van der Waals surface area contributed by atoms with Crippen LogP contribution in [0.2, 0.25) is 15.1 Å². The number of H-pyrrole nitrogens is 3. The number of halogens is 3. The molecule has 4 aliphatic rings. The van der Waals surface area contributed by atoms with Gasteiger partial charge in [-0.15, -0.1) is 0 Å². The molecule has 7 aromatic heterocycles. The van der Waals surface area contributed by atoms with Crippen LogP contribution < -0.4 is 64.0 Å². The van der Waals surface area contributed by atoms with Crippen LogP contribution in [0.5, 0.6) is 52.1 Å². The number of aromatic amines is 3. The van der Waals surface area contributed by atoms with Gasteiger partial charge in [-0.05, 0) is 97.8 Å². The van der Waals surface area contributed by atoms with Crippen LogP contribution in [-0.4, -0.2) is 195 Å². The standard InChI is InChI=1S/C28H27ClN8O2.C28H30ClN7O4.C23H23ClN6O4S/c1-38-19-9-10-23(20(29)16-19)39-27-17-24(31-18-25-32-21-6-2-3-7-22(21)33-25)34-28(35-27)37-14-12-36(13-15-37)26-8-4-5-11-30-26;1-38-18-8-9-22(19(29)15-18)40-26-16-24(30-17-25-31-20-5-2-3-6-21(20)32-25)33-28(34-26)36-12-10-35(11-13-36)27(37)23-7-4-14-39-23;1-33-15-6-7-19(16(24)12-15)34-22-13-20(25-14-21-26-17-4-2-3-5-18(17)27-21)28-23(29-22)30-8-10-35(31,32)11-9-30/h2-11,16-17H,12-15,18H2,1H3,(H,32,33)(H,31,34,35);2-3,5-6,8-9,15-16,23H,4,7,10-14,17H2,1H3,(H,31,32)(H,30,33,34);2-7,12-13H,8-11,14H2,1H3,(H,26,27)(H,25,28,29). The predicted octanol–water partition coefficient (Wildman–Crippen LogP) is 13.0. The second kappa shape index (κ2) is 35.6. The van der Waals surface area contributed by atoms with Crippen molar-refractivity contribution in [2.45, 2.75) is 38.6 Å². The number of amides is 1. The summed E-state index contributed by atoms with van der Waals surface area (Å²) in [6.45, 7) is 7.95. The molecular formula is C79H80Cl3N21O10S. The van der Waals surface area contributed by atoms with E-state index in [0.717, 1.165) is 95.4 Å². The number of fused-ring (bicyclic) bond motifs is 3. The van der Waals surface area contributed by atoms with Crippen molar-refractivity contribution in [3.63, 3.8) is 0 Å². The van der Waals surface area contributed by atoms with Crippen molar-refractivity contribution in [1.29, 1.82) is 0 Å². The SMILES string of the molecule is COc1ccc(Oc2cc(NCc3nc4ccccc4[nH]3)nc(N3CCN(C(=O)C4CCCO4)CC3)n2)c(Cl)c1.COc1ccc(Oc2cc(NCc3nc4ccccc4[nH]3)nc(N3CCN(c4ccccn4)CC3)n2)c(Cl)c1.COc1ccc(Oc2cc(NCc3nc4ccccc4[nH]3)nc(N3CCS(=O)(=O)CC3)n2)c(Cl)c1. The van der Waals surface area contributed by atoms with Crippen molar-refractivity contribution in [3.8, 4) is 52.1 Å². The van der Waals surface area contributed by atoms with Crippen LogP contribution in [0.15, 0.2) is 170 Å². The molecule has 0 bridgehead atoms. The van der Waals surface area contributed by atoms with Gasteiger partial charge in [0, 0.05) is 115 Å². The van der Waals surface area contributed by atoms with E-state index >= 15 is 0 Å². The van der Waals surface area contributed by atoms with Crippen LogP contribution >= 0.6 is 34.8 Å². The average molecular weight is 1620 g/mol. The van der Waals surface area contributed by atoms with Crippen LogP contribution in [0.3, 0.4) is 0 Å². The molecule has 1 amide bonds. The van der Waals surface area contributed by atoms with E-state index in [9.17, 15) is 13.2 Å². The van der Waals surface area contributed by atoms with Gasteiger partial charge in [0.15, 0.2) is 9.84 Å². The lowest BCUT2D eigenvalue weighted by Gasteiger charge is -2.35. The lowest BCUT2D eigenvalue weighted by Crippen LogP contribution is -2.51. The smallest absolute Gasteiger partial charge is 0.251 e. The molecule has 6 aromatic carbocycles. The molecule has 17 rings (SSSR count). The Labute approximate surface area is 670 Å². The fourth-order valence-electron chi connectivity index (χ4n) is 13.0. The van der Waals surface area contributed by atoms with Gasteiger partial charge >= 0.3 is 0 Å². The summed E-state index contributed by atoms with van der Waals surface area (Å²) >= 11 is 19.2. The first-order valence-corrected chi connectivity index (χ1v) is 39.8. The van der Waals surface area contributed by atoms with Crippen molar-refractivity contribution in [1.82, 2.24) is 69.7 Å². The number of para-hydroxylation sites is 6. The van der Waals surface area contributed by atoms with E-state index in [1.54, 1.807) is 94.1 Å². The molecular weight excluding hydrogens is 1540 g/mol. The summed E-state index contributed by atoms with van der Waals surface area (Å²) in [5.41, 5.74) is 5.59. The number of piperazine rings is 2.